The first kappa shape index (κ1) is 16.3. The van der Waals surface area contributed by atoms with Gasteiger partial charge >= 0.3 is 0 Å². The molecule has 0 saturated heterocycles. The van der Waals surface area contributed by atoms with Gasteiger partial charge in [-0.15, -0.1) is 0 Å². The molecule has 2 aromatic rings. The van der Waals surface area contributed by atoms with Crippen LogP contribution in [-0.2, 0) is 18.3 Å². The Morgan fingerprint density at radius 3 is 2.65 bits per heavy atom. The van der Waals surface area contributed by atoms with E-state index in [9.17, 15) is 0 Å². The summed E-state index contributed by atoms with van der Waals surface area (Å²) in [4.78, 5) is 4.99. The van der Waals surface area contributed by atoms with Crippen molar-refractivity contribution < 1.29 is 0 Å². The van der Waals surface area contributed by atoms with Crippen molar-refractivity contribution in [1.82, 2.24) is 4.98 Å². The highest BCUT2D eigenvalue weighted by Gasteiger charge is 2.20. The Kier molecular flexibility index (Phi) is 4.61. The third-order valence-corrected chi connectivity index (χ3v) is 4.96. The van der Waals surface area contributed by atoms with Gasteiger partial charge in [0.2, 0.25) is 0 Å². The maximum Gasteiger partial charge on any atom is 0.0726 e. The Morgan fingerprint density at radius 2 is 1.91 bits per heavy atom. The molecule has 3 rings (SSSR count). The molecule has 1 aromatic carbocycles. The van der Waals surface area contributed by atoms with Crippen molar-refractivity contribution in [2.24, 2.45) is 0 Å². The molecule has 1 aliphatic carbocycles. The summed E-state index contributed by atoms with van der Waals surface area (Å²) in [5.41, 5.74) is 6.88. The number of pyridine rings is 1. The number of unbranched alkanes of at least 4 members (excludes halogenated alkanes) is 1. The standard InChI is InChI=1S/C21H30N2/c1-5-6-13-22-20-16-9-7-8-10-18(16)23-19-12-11-15(14-17(19)20)21(2,3)4/h11-12,14H,5-10,13H2,1-4H3,(H,22,23). The molecule has 0 amide bonds. The number of hydrogen-bond donors (Lipinski definition) is 1. The first-order valence-electron chi connectivity index (χ1n) is 9.20. The predicted octanol–water partition coefficient (Wildman–Crippen LogP) is 5.62. The second-order valence-corrected chi connectivity index (χ2v) is 7.88. The fourth-order valence-corrected chi connectivity index (χ4v) is 3.48. The molecule has 1 aliphatic rings. The van der Waals surface area contributed by atoms with E-state index in [1.165, 1.54) is 60.0 Å². The van der Waals surface area contributed by atoms with E-state index in [-0.39, 0.29) is 5.41 Å². The Morgan fingerprint density at radius 1 is 1.13 bits per heavy atom. The number of anilines is 1. The molecule has 0 spiro atoms. The minimum absolute atomic E-state index is 0.171. The Balaban J connectivity index is 2.14. The van der Waals surface area contributed by atoms with Gasteiger partial charge in [-0.1, -0.05) is 40.2 Å². The van der Waals surface area contributed by atoms with Crippen molar-refractivity contribution in [2.75, 3.05) is 11.9 Å². The summed E-state index contributed by atoms with van der Waals surface area (Å²) in [6, 6.07) is 6.83. The average Bonchev–Trinajstić information content (AvgIpc) is 2.53. The van der Waals surface area contributed by atoms with Crippen LogP contribution in [0.3, 0.4) is 0 Å². The highest BCUT2D eigenvalue weighted by atomic mass is 14.9. The smallest absolute Gasteiger partial charge is 0.0726 e. The molecule has 1 heterocycles. The van der Waals surface area contributed by atoms with Crippen LogP contribution < -0.4 is 5.32 Å². The van der Waals surface area contributed by atoms with Crippen LogP contribution in [0.2, 0.25) is 0 Å². The quantitative estimate of drug-likeness (QED) is 0.741. The largest absolute Gasteiger partial charge is 0.384 e. The van der Waals surface area contributed by atoms with E-state index >= 15 is 0 Å². The Bertz CT molecular complexity index is 695. The van der Waals surface area contributed by atoms with Crippen LogP contribution in [-0.4, -0.2) is 11.5 Å². The monoisotopic (exact) mass is 310 g/mol. The van der Waals surface area contributed by atoms with E-state index in [2.05, 4.69) is 51.2 Å². The molecule has 0 radical (unpaired) electrons. The minimum atomic E-state index is 0.171. The van der Waals surface area contributed by atoms with Gasteiger partial charge in [0.1, 0.15) is 0 Å². The molecule has 0 saturated carbocycles. The molecule has 0 aliphatic heterocycles. The van der Waals surface area contributed by atoms with Crippen molar-refractivity contribution in [2.45, 2.75) is 71.6 Å². The van der Waals surface area contributed by atoms with E-state index in [4.69, 9.17) is 4.98 Å². The number of aryl methyl sites for hydroxylation is 1. The van der Waals surface area contributed by atoms with Gasteiger partial charge in [0.05, 0.1) is 5.52 Å². The molecule has 0 bridgehead atoms. The highest BCUT2D eigenvalue weighted by Crippen LogP contribution is 2.35. The van der Waals surface area contributed by atoms with Crippen molar-refractivity contribution in [1.29, 1.82) is 0 Å². The van der Waals surface area contributed by atoms with Crippen LogP contribution in [0.15, 0.2) is 18.2 Å². The van der Waals surface area contributed by atoms with Crippen LogP contribution in [0.25, 0.3) is 10.9 Å². The number of nitrogens with one attached hydrogen (secondary N) is 1. The van der Waals surface area contributed by atoms with E-state index in [0.29, 0.717) is 0 Å². The van der Waals surface area contributed by atoms with Gasteiger partial charge in [0.25, 0.3) is 0 Å². The topological polar surface area (TPSA) is 24.9 Å². The fraction of sp³-hybridized carbons (Fsp3) is 0.571. The van der Waals surface area contributed by atoms with Crippen molar-refractivity contribution in [3.63, 3.8) is 0 Å². The second-order valence-electron chi connectivity index (χ2n) is 7.88. The molecule has 0 fully saturated rings. The summed E-state index contributed by atoms with van der Waals surface area (Å²) in [6.07, 6.45) is 7.33. The first-order valence-corrected chi connectivity index (χ1v) is 9.20. The summed E-state index contributed by atoms with van der Waals surface area (Å²) in [7, 11) is 0. The third kappa shape index (κ3) is 3.36. The number of nitrogens with zero attached hydrogens (tertiary/aromatic N) is 1. The molecule has 23 heavy (non-hydrogen) atoms. The molecular weight excluding hydrogens is 280 g/mol. The molecule has 124 valence electrons. The minimum Gasteiger partial charge on any atom is -0.384 e. The highest BCUT2D eigenvalue weighted by molar-refractivity contribution is 5.94. The molecule has 0 unspecified atom stereocenters. The lowest BCUT2D eigenvalue weighted by atomic mass is 9.85. The molecule has 1 aromatic heterocycles. The zero-order valence-corrected chi connectivity index (χ0v) is 15.1. The summed E-state index contributed by atoms with van der Waals surface area (Å²) in [5, 5.41) is 5.07. The van der Waals surface area contributed by atoms with Crippen LogP contribution in [0.1, 0.15) is 70.2 Å². The fourth-order valence-electron chi connectivity index (χ4n) is 3.48. The summed E-state index contributed by atoms with van der Waals surface area (Å²) in [5.74, 6) is 0. The normalized spacial score (nSPS) is 14.8. The first-order chi connectivity index (χ1) is 11.0. The predicted molar refractivity (Wildman–Crippen MR) is 100 cm³/mol. The lowest BCUT2D eigenvalue weighted by Crippen LogP contribution is -2.14. The van der Waals surface area contributed by atoms with E-state index < -0.39 is 0 Å². The van der Waals surface area contributed by atoms with Gasteiger partial charge in [-0.2, -0.15) is 0 Å². The van der Waals surface area contributed by atoms with Crippen LogP contribution in [0.4, 0.5) is 5.69 Å². The van der Waals surface area contributed by atoms with Crippen molar-refractivity contribution in [3.05, 3.63) is 35.0 Å². The van der Waals surface area contributed by atoms with Crippen molar-refractivity contribution in [3.8, 4) is 0 Å². The molecule has 0 atom stereocenters. The number of aromatic nitrogens is 1. The second kappa shape index (κ2) is 6.51. The zero-order chi connectivity index (χ0) is 16.4. The van der Waals surface area contributed by atoms with Crippen LogP contribution >= 0.6 is 0 Å². The van der Waals surface area contributed by atoms with Gasteiger partial charge in [-0.05, 0) is 60.8 Å². The maximum atomic E-state index is 4.99. The number of rotatable bonds is 4. The Labute approximate surface area is 140 Å². The number of hydrogen-bond acceptors (Lipinski definition) is 2. The lowest BCUT2D eigenvalue weighted by molar-refractivity contribution is 0.591. The number of fused-ring (bicyclic) bond motifs is 2. The molecule has 2 nitrogen and oxygen atoms in total. The van der Waals surface area contributed by atoms with Crippen LogP contribution in [0, 0.1) is 0 Å². The maximum absolute atomic E-state index is 4.99. The van der Waals surface area contributed by atoms with Gasteiger partial charge in [0.15, 0.2) is 0 Å². The summed E-state index contributed by atoms with van der Waals surface area (Å²) in [6.45, 7) is 10.2. The van der Waals surface area contributed by atoms with Gasteiger partial charge < -0.3 is 5.32 Å². The summed E-state index contributed by atoms with van der Waals surface area (Å²) >= 11 is 0. The van der Waals surface area contributed by atoms with Gasteiger partial charge in [0, 0.05) is 23.3 Å². The summed E-state index contributed by atoms with van der Waals surface area (Å²) < 4.78 is 0. The lowest BCUT2D eigenvalue weighted by Gasteiger charge is -2.24. The molecular formula is C21H30N2. The van der Waals surface area contributed by atoms with Gasteiger partial charge in [-0.3, -0.25) is 4.98 Å². The molecule has 1 N–H and O–H groups in total. The van der Waals surface area contributed by atoms with E-state index in [0.717, 1.165) is 18.5 Å². The third-order valence-electron chi connectivity index (χ3n) is 4.96. The van der Waals surface area contributed by atoms with E-state index in [1.807, 2.05) is 0 Å². The van der Waals surface area contributed by atoms with E-state index in [1.54, 1.807) is 0 Å². The van der Waals surface area contributed by atoms with Crippen molar-refractivity contribution >= 4 is 16.6 Å². The average molecular weight is 310 g/mol. The SMILES string of the molecule is CCCCNc1c2c(nc3ccc(C(C)(C)C)cc13)CCCC2. The zero-order valence-electron chi connectivity index (χ0n) is 15.1. The molecule has 2 heteroatoms. The van der Waals surface area contributed by atoms with Crippen LogP contribution in [0.5, 0.6) is 0 Å². The van der Waals surface area contributed by atoms with Gasteiger partial charge in [-0.25, -0.2) is 0 Å². The Hall–Kier alpha value is -1.57. The number of benzene rings is 1.